The largest absolute Gasteiger partial charge is 0.493 e. The van der Waals surface area contributed by atoms with Crippen LogP contribution in [0.1, 0.15) is 22.5 Å². The van der Waals surface area contributed by atoms with Crippen molar-refractivity contribution in [2.45, 2.75) is 26.4 Å². The van der Waals surface area contributed by atoms with E-state index in [1.54, 1.807) is 16.7 Å². The van der Waals surface area contributed by atoms with Crippen molar-refractivity contribution in [3.63, 3.8) is 0 Å². The summed E-state index contributed by atoms with van der Waals surface area (Å²) in [5.41, 5.74) is 3.44. The molecule has 2 heterocycles. The van der Waals surface area contributed by atoms with Crippen LogP contribution in [-0.2, 0) is 12.6 Å². The number of hydrogen-bond acceptors (Lipinski definition) is 1. The van der Waals surface area contributed by atoms with Gasteiger partial charge < -0.3 is 9.30 Å². The molecule has 0 radical (unpaired) electrons. The van der Waals surface area contributed by atoms with Crippen LogP contribution >= 0.6 is 0 Å². The average Bonchev–Trinajstić information content (AvgIpc) is 3.19. The van der Waals surface area contributed by atoms with Crippen LogP contribution in [-0.4, -0.2) is 11.2 Å². The highest BCUT2D eigenvalue weighted by Crippen LogP contribution is 2.38. The van der Waals surface area contributed by atoms with Crippen molar-refractivity contribution in [2.24, 2.45) is 0 Å². The van der Waals surface area contributed by atoms with Crippen molar-refractivity contribution in [3.8, 4) is 22.6 Å². The minimum Gasteiger partial charge on any atom is -0.493 e. The van der Waals surface area contributed by atoms with Gasteiger partial charge in [0.1, 0.15) is 5.75 Å². The topological polar surface area (TPSA) is 14.2 Å². The van der Waals surface area contributed by atoms with Crippen LogP contribution in [0.5, 0.6) is 5.75 Å². The van der Waals surface area contributed by atoms with Gasteiger partial charge in [0.15, 0.2) is 0 Å². The zero-order valence-corrected chi connectivity index (χ0v) is 14.5. The normalized spacial score (nSPS) is 13.6. The maximum absolute atomic E-state index is 13.8. The molecule has 0 aliphatic carbocycles. The van der Waals surface area contributed by atoms with Gasteiger partial charge in [-0.3, -0.25) is 0 Å². The van der Waals surface area contributed by atoms with Gasteiger partial charge in [-0.05, 0) is 66.9 Å². The number of aromatic nitrogens is 1. The van der Waals surface area contributed by atoms with Crippen LogP contribution in [0.25, 0.3) is 16.8 Å². The second-order valence-electron chi connectivity index (χ2n) is 6.60. The number of fused-ring (bicyclic) bond motifs is 1. The molecule has 0 N–H and O–H groups in total. The number of rotatable bonds is 2. The predicted molar refractivity (Wildman–Crippen MR) is 94.9 cm³/mol. The zero-order chi connectivity index (χ0) is 18.5. The molecule has 3 aromatic rings. The van der Waals surface area contributed by atoms with Crippen LogP contribution in [0.4, 0.5) is 13.2 Å². The minimum atomic E-state index is -4.44. The minimum absolute atomic E-state index is 0.158. The van der Waals surface area contributed by atoms with E-state index in [0.29, 0.717) is 12.2 Å². The van der Waals surface area contributed by atoms with Crippen LogP contribution in [0.2, 0.25) is 0 Å². The van der Waals surface area contributed by atoms with Gasteiger partial charge in [-0.2, -0.15) is 13.2 Å². The zero-order valence-electron chi connectivity index (χ0n) is 14.5. The van der Waals surface area contributed by atoms with Crippen LogP contribution in [0, 0.1) is 13.8 Å². The molecular weight excluding hydrogens is 339 g/mol. The highest BCUT2D eigenvalue weighted by molar-refractivity contribution is 5.69. The number of ether oxygens (including phenoxy) is 1. The molecule has 2 nitrogen and oxygen atoms in total. The van der Waals surface area contributed by atoms with Gasteiger partial charge in [-0.1, -0.05) is 12.1 Å². The molecule has 1 aliphatic heterocycles. The molecule has 4 rings (SSSR count). The van der Waals surface area contributed by atoms with Crippen LogP contribution in [0.3, 0.4) is 0 Å². The van der Waals surface area contributed by atoms with Gasteiger partial charge in [-0.25, -0.2) is 0 Å². The number of alkyl halides is 3. The molecule has 0 fully saturated rings. The van der Waals surface area contributed by atoms with E-state index in [1.807, 2.05) is 44.2 Å². The Labute approximate surface area is 149 Å². The average molecular weight is 357 g/mol. The van der Waals surface area contributed by atoms with Crippen molar-refractivity contribution in [2.75, 3.05) is 6.61 Å². The first kappa shape index (κ1) is 16.8. The van der Waals surface area contributed by atoms with Gasteiger partial charge in [0.05, 0.1) is 17.9 Å². The maximum atomic E-state index is 13.8. The summed E-state index contributed by atoms with van der Waals surface area (Å²) >= 11 is 0. The summed E-state index contributed by atoms with van der Waals surface area (Å²) in [7, 11) is 0. The smallest absolute Gasteiger partial charge is 0.418 e. The quantitative estimate of drug-likeness (QED) is 0.573. The van der Waals surface area contributed by atoms with E-state index in [1.165, 1.54) is 6.07 Å². The summed E-state index contributed by atoms with van der Waals surface area (Å²) in [6.07, 6.45) is -3.65. The molecule has 0 saturated heterocycles. The lowest BCUT2D eigenvalue weighted by atomic mass is 9.99. The summed E-state index contributed by atoms with van der Waals surface area (Å²) in [6, 6.07) is 13.8. The first-order valence-corrected chi connectivity index (χ1v) is 8.47. The highest BCUT2D eigenvalue weighted by atomic mass is 19.4. The Balaban J connectivity index is 1.87. The molecule has 134 valence electrons. The summed E-state index contributed by atoms with van der Waals surface area (Å²) in [4.78, 5) is 0. The number of halogens is 3. The van der Waals surface area contributed by atoms with E-state index < -0.39 is 11.7 Å². The van der Waals surface area contributed by atoms with E-state index in [-0.39, 0.29) is 5.69 Å². The molecule has 1 aromatic heterocycles. The van der Waals surface area contributed by atoms with Gasteiger partial charge in [0, 0.05) is 17.8 Å². The number of benzene rings is 2. The third-order valence-electron chi connectivity index (χ3n) is 4.84. The van der Waals surface area contributed by atoms with E-state index in [2.05, 4.69) is 0 Å². The van der Waals surface area contributed by atoms with E-state index in [9.17, 15) is 13.2 Å². The van der Waals surface area contributed by atoms with Gasteiger partial charge in [0.25, 0.3) is 0 Å². The van der Waals surface area contributed by atoms with Crippen LogP contribution < -0.4 is 4.74 Å². The summed E-state index contributed by atoms with van der Waals surface area (Å²) in [6.45, 7) is 4.24. The predicted octanol–water partition coefficient (Wildman–Crippen LogP) is 5.71. The Kier molecular flexibility index (Phi) is 3.83. The standard InChI is InChI=1S/C21H18F3NO/c1-13-3-4-14(2)25(13)19-7-5-16(12-18(19)21(22,23)24)15-6-8-20-17(11-15)9-10-26-20/h3-8,11-12H,9-10H2,1-2H3. The van der Waals surface area contributed by atoms with Crippen molar-refractivity contribution in [3.05, 3.63) is 71.0 Å². The third-order valence-corrected chi connectivity index (χ3v) is 4.84. The molecule has 26 heavy (non-hydrogen) atoms. The molecule has 0 atom stereocenters. The Morgan fingerprint density at radius 3 is 2.23 bits per heavy atom. The van der Waals surface area contributed by atoms with Crippen molar-refractivity contribution in [1.82, 2.24) is 4.57 Å². The van der Waals surface area contributed by atoms with Crippen molar-refractivity contribution in [1.29, 1.82) is 0 Å². The van der Waals surface area contributed by atoms with E-state index in [4.69, 9.17) is 4.74 Å². The molecule has 1 aliphatic rings. The highest BCUT2D eigenvalue weighted by Gasteiger charge is 2.35. The fourth-order valence-electron chi connectivity index (χ4n) is 3.55. The van der Waals surface area contributed by atoms with Gasteiger partial charge >= 0.3 is 6.18 Å². The van der Waals surface area contributed by atoms with Crippen molar-refractivity contribution < 1.29 is 17.9 Å². The molecule has 5 heteroatoms. The summed E-state index contributed by atoms with van der Waals surface area (Å²) < 4.78 is 48.5. The molecular formula is C21H18F3NO. The molecule has 0 amide bonds. The Bertz CT molecular complexity index is 966. The van der Waals surface area contributed by atoms with Crippen LogP contribution in [0.15, 0.2) is 48.5 Å². The van der Waals surface area contributed by atoms with Gasteiger partial charge in [-0.15, -0.1) is 0 Å². The molecule has 0 unspecified atom stereocenters. The number of nitrogens with zero attached hydrogens (tertiary/aromatic N) is 1. The first-order chi connectivity index (χ1) is 12.3. The lowest BCUT2D eigenvalue weighted by molar-refractivity contribution is -0.137. The number of hydrogen-bond donors (Lipinski definition) is 0. The summed E-state index contributed by atoms with van der Waals surface area (Å²) in [5, 5.41) is 0. The lowest BCUT2D eigenvalue weighted by Gasteiger charge is -2.18. The number of aryl methyl sites for hydroxylation is 2. The Hall–Kier alpha value is -2.69. The summed E-state index contributed by atoms with van der Waals surface area (Å²) in [5.74, 6) is 0.819. The third kappa shape index (κ3) is 2.77. The Morgan fingerprint density at radius 2 is 1.54 bits per heavy atom. The monoisotopic (exact) mass is 357 g/mol. The van der Waals surface area contributed by atoms with Gasteiger partial charge in [0.2, 0.25) is 0 Å². The lowest BCUT2D eigenvalue weighted by Crippen LogP contribution is -2.12. The Morgan fingerprint density at radius 1 is 0.885 bits per heavy atom. The molecule has 0 saturated carbocycles. The van der Waals surface area contributed by atoms with E-state index >= 15 is 0 Å². The molecule has 0 spiro atoms. The SMILES string of the molecule is Cc1ccc(C)n1-c1ccc(-c2ccc3c(c2)CCO3)cc1C(F)(F)F. The fraction of sp³-hybridized carbons (Fsp3) is 0.238. The molecule has 0 bridgehead atoms. The first-order valence-electron chi connectivity index (χ1n) is 8.47. The molecule has 2 aromatic carbocycles. The second kappa shape index (κ2) is 5.94. The fourth-order valence-corrected chi connectivity index (χ4v) is 3.55. The maximum Gasteiger partial charge on any atom is 0.418 e. The second-order valence-corrected chi connectivity index (χ2v) is 6.60. The van der Waals surface area contributed by atoms with Crippen molar-refractivity contribution >= 4 is 0 Å². The van der Waals surface area contributed by atoms with E-state index in [0.717, 1.165) is 34.7 Å².